The van der Waals surface area contributed by atoms with Crippen LogP contribution in [0.15, 0.2) is 39.5 Å². The van der Waals surface area contributed by atoms with E-state index < -0.39 is 11.6 Å². The summed E-state index contributed by atoms with van der Waals surface area (Å²) in [6, 6.07) is 9.36. The Kier molecular flexibility index (Phi) is 4.69. The first-order chi connectivity index (χ1) is 12.0. The van der Waals surface area contributed by atoms with E-state index in [9.17, 15) is 9.59 Å². The van der Waals surface area contributed by atoms with Crippen molar-refractivity contribution >= 4 is 5.91 Å². The van der Waals surface area contributed by atoms with Crippen LogP contribution in [-0.2, 0) is 13.2 Å². The van der Waals surface area contributed by atoms with Crippen LogP contribution in [0.2, 0.25) is 0 Å². The summed E-state index contributed by atoms with van der Waals surface area (Å²) in [5, 5.41) is 8.57. The SMILES string of the molecule is Cc1ccc(OCc2cc(C(=O)NCc3n[nH]c(=O)[nH]3)oc2C)cc1. The zero-order chi connectivity index (χ0) is 17.8. The second kappa shape index (κ2) is 7.08. The standard InChI is InChI=1S/C17H18N4O4/c1-10-3-5-13(6-4-10)24-9-12-7-14(25-11(12)2)16(22)18-8-15-19-17(23)21-20-15/h3-7H,8-9H2,1-2H3,(H,18,22)(H2,19,20,21,23). The molecule has 0 unspecified atom stereocenters. The molecule has 1 aromatic carbocycles. The number of rotatable bonds is 6. The van der Waals surface area contributed by atoms with E-state index in [1.54, 1.807) is 13.0 Å². The van der Waals surface area contributed by atoms with E-state index in [1.807, 2.05) is 31.2 Å². The van der Waals surface area contributed by atoms with Gasteiger partial charge in [-0.15, -0.1) is 0 Å². The number of benzene rings is 1. The number of carbonyl (C=O) groups excluding carboxylic acids is 1. The van der Waals surface area contributed by atoms with E-state index >= 15 is 0 Å². The van der Waals surface area contributed by atoms with Crippen LogP contribution < -0.4 is 15.7 Å². The highest BCUT2D eigenvalue weighted by atomic mass is 16.5. The highest BCUT2D eigenvalue weighted by Gasteiger charge is 2.15. The minimum atomic E-state index is -0.423. The molecule has 0 fully saturated rings. The molecule has 1 amide bonds. The number of aromatic nitrogens is 3. The first kappa shape index (κ1) is 16.6. The van der Waals surface area contributed by atoms with Gasteiger partial charge in [0.25, 0.3) is 5.91 Å². The molecule has 0 atom stereocenters. The Balaban J connectivity index is 1.59. The second-order valence-electron chi connectivity index (χ2n) is 5.60. The van der Waals surface area contributed by atoms with Crippen LogP contribution >= 0.6 is 0 Å². The van der Waals surface area contributed by atoms with Gasteiger partial charge in [-0.2, -0.15) is 5.10 Å². The molecular formula is C17H18N4O4. The fraction of sp³-hybridized carbons (Fsp3) is 0.235. The Morgan fingerprint density at radius 1 is 1.28 bits per heavy atom. The minimum Gasteiger partial charge on any atom is -0.489 e. The topological polar surface area (TPSA) is 113 Å². The Morgan fingerprint density at radius 2 is 2.04 bits per heavy atom. The zero-order valence-corrected chi connectivity index (χ0v) is 13.9. The third-order valence-electron chi connectivity index (χ3n) is 3.63. The molecule has 0 saturated heterocycles. The molecule has 0 saturated carbocycles. The van der Waals surface area contributed by atoms with Crippen molar-refractivity contribution in [2.75, 3.05) is 0 Å². The number of H-pyrrole nitrogens is 2. The van der Waals surface area contributed by atoms with Crippen molar-refractivity contribution < 1.29 is 13.9 Å². The number of furan rings is 1. The summed E-state index contributed by atoms with van der Waals surface area (Å²) in [6.45, 7) is 4.17. The summed E-state index contributed by atoms with van der Waals surface area (Å²) < 4.78 is 11.2. The van der Waals surface area contributed by atoms with Crippen LogP contribution in [0.5, 0.6) is 5.75 Å². The van der Waals surface area contributed by atoms with Crippen molar-refractivity contribution in [1.29, 1.82) is 0 Å². The van der Waals surface area contributed by atoms with Crippen LogP contribution in [0, 0.1) is 13.8 Å². The lowest BCUT2D eigenvalue weighted by Gasteiger charge is -2.05. The van der Waals surface area contributed by atoms with Gasteiger partial charge in [-0.1, -0.05) is 17.7 Å². The number of nitrogens with zero attached hydrogens (tertiary/aromatic N) is 1. The lowest BCUT2D eigenvalue weighted by atomic mass is 10.2. The number of amides is 1. The van der Waals surface area contributed by atoms with Crippen molar-refractivity contribution in [2.24, 2.45) is 0 Å². The first-order valence-corrected chi connectivity index (χ1v) is 7.72. The normalized spacial score (nSPS) is 10.6. The molecule has 0 radical (unpaired) electrons. The summed E-state index contributed by atoms with van der Waals surface area (Å²) in [7, 11) is 0. The predicted octanol–water partition coefficient (Wildman–Crippen LogP) is 1.82. The number of hydrogen-bond acceptors (Lipinski definition) is 5. The van der Waals surface area contributed by atoms with Gasteiger partial charge in [0, 0.05) is 5.56 Å². The molecule has 3 N–H and O–H groups in total. The average Bonchev–Trinajstić information content (AvgIpc) is 3.18. The molecule has 130 valence electrons. The molecule has 0 aliphatic rings. The first-order valence-electron chi connectivity index (χ1n) is 7.72. The summed E-state index contributed by atoms with van der Waals surface area (Å²) in [5.74, 6) is 1.49. The largest absolute Gasteiger partial charge is 0.489 e. The van der Waals surface area contributed by atoms with Crippen molar-refractivity contribution in [2.45, 2.75) is 27.0 Å². The average molecular weight is 342 g/mol. The van der Waals surface area contributed by atoms with Gasteiger partial charge in [0.15, 0.2) is 5.76 Å². The lowest BCUT2D eigenvalue weighted by molar-refractivity contribution is 0.0921. The number of aryl methyl sites for hydroxylation is 2. The summed E-state index contributed by atoms with van der Waals surface area (Å²) >= 11 is 0. The van der Waals surface area contributed by atoms with E-state index in [2.05, 4.69) is 20.5 Å². The van der Waals surface area contributed by atoms with Crippen molar-refractivity contribution in [3.05, 3.63) is 69.3 Å². The van der Waals surface area contributed by atoms with E-state index in [0.29, 0.717) is 18.2 Å². The maximum absolute atomic E-state index is 12.1. The maximum atomic E-state index is 12.1. The molecule has 2 heterocycles. The fourth-order valence-electron chi connectivity index (χ4n) is 2.21. The molecule has 2 aromatic heterocycles. The maximum Gasteiger partial charge on any atom is 0.340 e. The Bertz CT molecular complexity index is 921. The summed E-state index contributed by atoms with van der Waals surface area (Å²) in [5.41, 5.74) is 1.52. The van der Waals surface area contributed by atoms with Crippen molar-refractivity contribution in [3.63, 3.8) is 0 Å². The number of nitrogens with one attached hydrogen (secondary N) is 3. The quantitative estimate of drug-likeness (QED) is 0.632. The smallest absolute Gasteiger partial charge is 0.340 e. The van der Waals surface area contributed by atoms with Gasteiger partial charge in [0.05, 0.1) is 6.54 Å². The van der Waals surface area contributed by atoms with E-state index in [0.717, 1.165) is 16.9 Å². The van der Waals surface area contributed by atoms with Gasteiger partial charge in [0.1, 0.15) is 23.9 Å². The third-order valence-corrected chi connectivity index (χ3v) is 3.63. The highest BCUT2D eigenvalue weighted by Crippen LogP contribution is 2.18. The van der Waals surface area contributed by atoms with E-state index in [1.165, 1.54) is 0 Å². The molecule has 8 heteroatoms. The number of hydrogen-bond donors (Lipinski definition) is 3. The third kappa shape index (κ3) is 4.17. The lowest BCUT2D eigenvalue weighted by Crippen LogP contribution is -2.23. The van der Waals surface area contributed by atoms with Gasteiger partial charge in [-0.25, -0.2) is 9.89 Å². The number of carbonyl (C=O) groups is 1. The zero-order valence-electron chi connectivity index (χ0n) is 13.9. The van der Waals surface area contributed by atoms with Crippen molar-refractivity contribution in [1.82, 2.24) is 20.5 Å². The molecule has 25 heavy (non-hydrogen) atoms. The fourth-order valence-corrected chi connectivity index (χ4v) is 2.21. The molecule has 3 aromatic rings. The molecule has 0 spiro atoms. The molecule has 0 bridgehead atoms. The van der Waals surface area contributed by atoms with E-state index in [-0.39, 0.29) is 12.3 Å². The van der Waals surface area contributed by atoms with Gasteiger partial charge in [-0.05, 0) is 32.0 Å². The van der Waals surface area contributed by atoms with Crippen LogP contribution in [0.3, 0.4) is 0 Å². The van der Waals surface area contributed by atoms with Crippen LogP contribution in [0.4, 0.5) is 0 Å². The molecule has 0 aliphatic heterocycles. The summed E-state index contributed by atoms with van der Waals surface area (Å²) in [4.78, 5) is 25.5. The van der Waals surface area contributed by atoms with Crippen molar-refractivity contribution in [3.8, 4) is 5.75 Å². The molecule has 8 nitrogen and oxygen atoms in total. The Labute approximate surface area is 143 Å². The number of aromatic amines is 2. The summed E-state index contributed by atoms with van der Waals surface area (Å²) in [6.07, 6.45) is 0. The molecular weight excluding hydrogens is 324 g/mol. The van der Waals surface area contributed by atoms with Gasteiger partial charge in [-0.3, -0.25) is 9.78 Å². The Morgan fingerprint density at radius 3 is 2.72 bits per heavy atom. The molecule has 0 aliphatic carbocycles. The van der Waals surface area contributed by atoms with Gasteiger partial charge >= 0.3 is 5.69 Å². The number of ether oxygens (including phenoxy) is 1. The van der Waals surface area contributed by atoms with Gasteiger partial charge < -0.3 is 14.5 Å². The Hall–Kier alpha value is -3.29. The second-order valence-corrected chi connectivity index (χ2v) is 5.60. The molecule has 3 rings (SSSR count). The predicted molar refractivity (Wildman–Crippen MR) is 89.3 cm³/mol. The highest BCUT2D eigenvalue weighted by molar-refractivity contribution is 5.91. The van der Waals surface area contributed by atoms with Crippen LogP contribution in [0.25, 0.3) is 0 Å². The monoisotopic (exact) mass is 342 g/mol. The van der Waals surface area contributed by atoms with Crippen LogP contribution in [0.1, 0.15) is 33.3 Å². The van der Waals surface area contributed by atoms with E-state index in [4.69, 9.17) is 9.15 Å². The van der Waals surface area contributed by atoms with Crippen LogP contribution in [-0.4, -0.2) is 21.1 Å². The van der Waals surface area contributed by atoms with Gasteiger partial charge in [0.2, 0.25) is 0 Å². The minimum absolute atomic E-state index is 0.0898.